The highest BCUT2D eigenvalue weighted by molar-refractivity contribution is 4.75. The van der Waals surface area contributed by atoms with Gasteiger partial charge in [-0.3, -0.25) is 0 Å². The van der Waals surface area contributed by atoms with E-state index in [1.54, 1.807) is 0 Å². The van der Waals surface area contributed by atoms with Crippen molar-refractivity contribution in [1.29, 1.82) is 5.26 Å². The van der Waals surface area contributed by atoms with Crippen molar-refractivity contribution >= 4 is 0 Å². The van der Waals surface area contributed by atoms with E-state index in [1.165, 1.54) is 38.5 Å². The van der Waals surface area contributed by atoms with E-state index in [9.17, 15) is 0 Å². The summed E-state index contributed by atoms with van der Waals surface area (Å²) in [6, 6.07) is 2.87. The second-order valence-corrected chi connectivity index (χ2v) is 5.11. The highest BCUT2D eigenvalue weighted by atomic mass is 14.9. The minimum atomic E-state index is 0.667. The van der Waals surface area contributed by atoms with Gasteiger partial charge in [-0.2, -0.15) is 5.26 Å². The molecule has 1 rings (SSSR count). The van der Waals surface area contributed by atoms with Crippen molar-refractivity contribution in [2.75, 3.05) is 6.54 Å². The molecule has 1 atom stereocenters. The Kier molecular flexibility index (Phi) is 7.25. The van der Waals surface area contributed by atoms with Gasteiger partial charge in [-0.25, -0.2) is 0 Å². The molecule has 0 aromatic carbocycles. The molecule has 0 radical (unpaired) electrons. The summed E-state index contributed by atoms with van der Waals surface area (Å²) in [6.07, 6.45) is 11.4. The fourth-order valence-corrected chi connectivity index (χ4v) is 2.64. The van der Waals surface area contributed by atoms with Crippen LogP contribution in [0.3, 0.4) is 0 Å². The van der Waals surface area contributed by atoms with E-state index in [1.807, 2.05) is 0 Å². The second-order valence-electron chi connectivity index (χ2n) is 5.11. The molecule has 1 aliphatic carbocycles. The maximum Gasteiger partial charge on any atom is 0.0621 e. The molecule has 0 aromatic rings. The van der Waals surface area contributed by atoms with Crippen LogP contribution in [0.25, 0.3) is 0 Å². The summed E-state index contributed by atoms with van der Waals surface area (Å²) in [4.78, 5) is 0. The highest BCUT2D eigenvalue weighted by Crippen LogP contribution is 2.25. The first-order chi connectivity index (χ1) is 7.84. The van der Waals surface area contributed by atoms with Crippen molar-refractivity contribution in [2.24, 2.45) is 5.92 Å². The predicted octanol–water partition coefficient (Wildman–Crippen LogP) is 3.63. The van der Waals surface area contributed by atoms with Crippen molar-refractivity contribution in [2.45, 2.75) is 70.8 Å². The first kappa shape index (κ1) is 13.5. The molecule has 0 aliphatic heterocycles. The lowest BCUT2D eigenvalue weighted by Crippen LogP contribution is -2.34. The molecule has 1 aliphatic rings. The van der Waals surface area contributed by atoms with Gasteiger partial charge >= 0.3 is 0 Å². The van der Waals surface area contributed by atoms with Gasteiger partial charge in [0.1, 0.15) is 0 Å². The van der Waals surface area contributed by atoms with E-state index in [0.717, 1.165) is 25.3 Å². The van der Waals surface area contributed by atoms with Gasteiger partial charge in [0.15, 0.2) is 0 Å². The van der Waals surface area contributed by atoms with E-state index in [0.29, 0.717) is 12.5 Å². The molecule has 0 spiro atoms. The van der Waals surface area contributed by atoms with Crippen LogP contribution in [-0.2, 0) is 0 Å². The third kappa shape index (κ3) is 5.51. The molecule has 92 valence electrons. The quantitative estimate of drug-likeness (QED) is 0.550. The topological polar surface area (TPSA) is 35.8 Å². The summed E-state index contributed by atoms with van der Waals surface area (Å²) in [7, 11) is 0. The van der Waals surface area contributed by atoms with Gasteiger partial charge in [0, 0.05) is 12.5 Å². The maximum absolute atomic E-state index is 8.44. The molecule has 0 heterocycles. The smallest absolute Gasteiger partial charge is 0.0621 e. The average Bonchev–Trinajstić information content (AvgIpc) is 2.57. The van der Waals surface area contributed by atoms with Crippen LogP contribution in [0, 0.1) is 17.2 Å². The zero-order chi connectivity index (χ0) is 11.6. The van der Waals surface area contributed by atoms with Gasteiger partial charge in [0.2, 0.25) is 0 Å². The number of nitrogens with one attached hydrogen (secondary N) is 1. The number of hydrogen-bond donors (Lipinski definition) is 1. The zero-order valence-electron chi connectivity index (χ0n) is 10.7. The largest absolute Gasteiger partial charge is 0.314 e. The van der Waals surface area contributed by atoms with Crippen LogP contribution in [0.4, 0.5) is 0 Å². The van der Waals surface area contributed by atoms with Gasteiger partial charge in [-0.05, 0) is 45.1 Å². The minimum Gasteiger partial charge on any atom is -0.314 e. The van der Waals surface area contributed by atoms with Crippen LogP contribution in [0.2, 0.25) is 0 Å². The lowest BCUT2D eigenvalue weighted by Gasteiger charge is -2.23. The molecule has 16 heavy (non-hydrogen) atoms. The molecule has 1 saturated carbocycles. The Morgan fingerprint density at radius 3 is 2.50 bits per heavy atom. The Labute approximate surface area is 100 Å². The molecule has 1 N–H and O–H groups in total. The van der Waals surface area contributed by atoms with Crippen LogP contribution in [-0.4, -0.2) is 12.6 Å². The van der Waals surface area contributed by atoms with Crippen LogP contribution in [0.5, 0.6) is 0 Å². The van der Waals surface area contributed by atoms with Crippen molar-refractivity contribution in [3.8, 4) is 6.07 Å². The summed E-state index contributed by atoms with van der Waals surface area (Å²) in [5.74, 6) is 0.887. The van der Waals surface area contributed by atoms with Gasteiger partial charge in [-0.1, -0.05) is 25.7 Å². The van der Waals surface area contributed by atoms with Gasteiger partial charge in [0.05, 0.1) is 6.07 Å². The summed E-state index contributed by atoms with van der Waals surface area (Å²) in [5.41, 5.74) is 0. The van der Waals surface area contributed by atoms with E-state index in [2.05, 4.69) is 18.3 Å². The third-order valence-corrected chi connectivity index (χ3v) is 3.79. The minimum absolute atomic E-state index is 0.667. The Morgan fingerprint density at radius 2 is 1.88 bits per heavy atom. The Hall–Kier alpha value is -0.550. The predicted molar refractivity (Wildman–Crippen MR) is 68.1 cm³/mol. The summed E-state index contributed by atoms with van der Waals surface area (Å²) < 4.78 is 0. The van der Waals surface area contributed by atoms with Crippen molar-refractivity contribution in [3.63, 3.8) is 0 Å². The number of nitrogens with zero attached hydrogens (tertiary/aromatic N) is 1. The Balaban J connectivity index is 2.08. The second kappa shape index (κ2) is 8.58. The Morgan fingerprint density at radius 1 is 1.19 bits per heavy atom. The van der Waals surface area contributed by atoms with Gasteiger partial charge in [-0.15, -0.1) is 0 Å². The number of nitriles is 1. The van der Waals surface area contributed by atoms with Crippen LogP contribution in [0.1, 0.15) is 64.7 Å². The van der Waals surface area contributed by atoms with Gasteiger partial charge < -0.3 is 5.32 Å². The lowest BCUT2D eigenvalue weighted by atomic mass is 9.93. The van der Waals surface area contributed by atoms with E-state index in [-0.39, 0.29) is 0 Å². The number of rotatable bonds is 6. The molecule has 2 nitrogen and oxygen atoms in total. The molecular weight excluding hydrogens is 196 g/mol. The number of unbranched alkanes of at least 4 members (excludes halogenated alkanes) is 2. The average molecular weight is 222 g/mol. The fraction of sp³-hybridized carbons (Fsp3) is 0.929. The lowest BCUT2D eigenvalue weighted by molar-refractivity contribution is 0.336. The zero-order valence-corrected chi connectivity index (χ0v) is 10.7. The molecule has 0 unspecified atom stereocenters. The maximum atomic E-state index is 8.44. The molecule has 0 amide bonds. The first-order valence-corrected chi connectivity index (χ1v) is 6.95. The van der Waals surface area contributed by atoms with Crippen LogP contribution in [0.15, 0.2) is 0 Å². The monoisotopic (exact) mass is 222 g/mol. The molecule has 0 aromatic heterocycles. The van der Waals surface area contributed by atoms with Crippen molar-refractivity contribution < 1.29 is 0 Å². The number of hydrogen-bond acceptors (Lipinski definition) is 2. The summed E-state index contributed by atoms with van der Waals surface area (Å²) in [6.45, 7) is 3.42. The fourth-order valence-electron chi connectivity index (χ4n) is 2.64. The molecule has 0 bridgehead atoms. The van der Waals surface area contributed by atoms with Gasteiger partial charge in [0.25, 0.3) is 0 Å². The molecule has 1 fully saturated rings. The van der Waals surface area contributed by atoms with E-state index < -0.39 is 0 Å². The highest BCUT2D eigenvalue weighted by Gasteiger charge is 2.17. The van der Waals surface area contributed by atoms with E-state index in [4.69, 9.17) is 5.26 Å². The van der Waals surface area contributed by atoms with Crippen molar-refractivity contribution in [3.05, 3.63) is 0 Å². The standard InChI is InChI=1S/C14H26N2/c1-13(16-12-8-4-7-11-15)14-9-5-2-3-6-10-14/h13-14,16H,2-10,12H2,1H3/t13-/m0/s1. The third-order valence-electron chi connectivity index (χ3n) is 3.79. The summed E-state index contributed by atoms with van der Waals surface area (Å²) in [5, 5.41) is 12.1. The van der Waals surface area contributed by atoms with Crippen LogP contribution >= 0.6 is 0 Å². The normalized spacial score (nSPS) is 20.0. The van der Waals surface area contributed by atoms with E-state index >= 15 is 0 Å². The molecular formula is C14H26N2. The SMILES string of the molecule is C[C@H](NCCCCC#N)C1CCCCCC1. The first-order valence-electron chi connectivity index (χ1n) is 6.95. The van der Waals surface area contributed by atoms with Crippen molar-refractivity contribution in [1.82, 2.24) is 5.32 Å². The van der Waals surface area contributed by atoms with Crippen LogP contribution < -0.4 is 5.32 Å². The summed E-state index contributed by atoms with van der Waals surface area (Å²) >= 11 is 0. The molecule has 2 heteroatoms. The Bertz CT molecular complexity index is 199. The molecule has 0 saturated heterocycles.